The first-order chi connectivity index (χ1) is 5.15. The maximum absolute atomic E-state index is 5.52. The number of nitrogens with one attached hydrogen (secondary N) is 1. The minimum absolute atomic E-state index is 0.457. The maximum atomic E-state index is 5.52. The van der Waals surface area contributed by atoms with Gasteiger partial charge in [0.2, 0.25) is 0 Å². The molecule has 1 rings (SSSR count). The summed E-state index contributed by atoms with van der Waals surface area (Å²) in [5, 5.41) is 0. The van der Waals surface area contributed by atoms with Gasteiger partial charge in [0.25, 0.3) is 0 Å². The summed E-state index contributed by atoms with van der Waals surface area (Å²) < 4.78 is 0. The molecule has 0 heterocycles. The highest BCUT2D eigenvalue weighted by atomic mass is 35.5. The van der Waals surface area contributed by atoms with Gasteiger partial charge in [-0.05, 0) is 12.1 Å². The molecular weight excluding hydrogens is 164 g/mol. The van der Waals surface area contributed by atoms with Crippen molar-refractivity contribution < 1.29 is 0 Å². The van der Waals surface area contributed by atoms with Crippen LogP contribution in [-0.2, 0) is 0 Å². The van der Waals surface area contributed by atoms with Crippen molar-refractivity contribution in [3.05, 3.63) is 12.1 Å². The number of anilines is 4. The first-order valence-electron chi connectivity index (χ1n) is 2.96. The van der Waals surface area contributed by atoms with Crippen molar-refractivity contribution in [1.29, 1.82) is 0 Å². The van der Waals surface area contributed by atoms with Crippen LogP contribution in [0.1, 0.15) is 0 Å². The molecule has 0 radical (unpaired) electrons. The van der Waals surface area contributed by atoms with Gasteiger partial charge in [-0.25, -0.2) is 0 Å². The van der Waals surface area contributed by atoms with Crippen molar-refractivity contribution in [1.82, 2.24) is 0 Å². The summed E-state index contributed by atoms with van der Waals surface area (Å²) in [7, 11) is 0. The molecule has 0 aliphatic heterocycles. The van der Waals surface area contributed by atoms with Gasteiger partial charge < -0.3 is 17.2 Å². The van der Waals surface area contributed by atoms with Gasteiger partial charge in [0.1, 0.15) is 0 Å². The van der Waals surface area contributed by atoms with E-state index in [9.17, 15) is 0 Å². The van der Waals surface area contributed by atoms with Crippen LogP contribution in [0.3, 0.4) is 0 Å². The summed E-state index contributed by atoms with van der Waals surface area (Å²) in [6, 6.07) is 3.14. The fourth-order valence-corrected chi connectivity index (χ4v) is 0.896. The van der Waals surface area contributed by atoms with Crippen molar-refractivity contribution in [3.63, 3.8) is 0 Å². The van der Waals surface area contributed by atoms with Crippen LogP contribution in [0.15, 0.2) is 12.1 Å². The Morgan fingerprint density at radius 3 is 2.09 bits per heavy atom. The van der Waals surface area contributed by atoms with E-state index in [-0.39, 0.29) is 0 Å². The van der Waals surface area contributed by atoms with Crippen molar-refractivity contribution in [2.75, 3.05) is 22.0 Å². The molecule has 0 aromatic heterocycles. The number of nitrogen functional groups attached to an aromatic ring is 3. The van der Waals surface area contributed by atoms with Crippen molar-refractivity contribution in [3.8, 4) is 0 Å². The number of hydrogen-bond donors (Lipinski definition) is 4. The molecule has 0 spiro atoms. The zero-order valence-electron chi connectivity index (χ0n) is 5.76. The molecule has 4 nitrogen and oxygen atoms in total. The van der Waals surface area contributed by atoms with Crippen LogP contribution in [-0.4, -0.2) is 0 Å². The zero-order chi connectivity index (χ0) is 8.43. The molecule has 7 N–H and O–H groups in total. The highest BCUT2D eigenvalue weighted by Gasteiger charge is 2.00. The molecule has 1 aromatic carbocycles. The van der Waals surface area contributed by atoms with E-state index in [1.54, 1.807) is 12.1 Å². The predicted octanol–water partition coefficient (Wildman–Crippen LogP) is 0.999. The normalized spacial score (nSPS) is 9.55. The van der Waals surface area contributed by atoms with E-state index in [1.165, 1.54) is 0 Å². The lowest BCUT2D eigenvalue weighted by Gasteiger charge is -2.06. The Kier molecular flexibility index (Phi) is 1.96. The summed E-state index contributed by atoms with van der Waals surface area (Å²) in [6.07, 6.45) is 0. The molecule has 0 saturated heterocycles. The Labute approximate surface area is 69.4 Å². The van der Waals surface area contributed by atoms with Crippen molar-refractivity contribution in [2.45, 2.75) is 0 Å². The van der Waals surface area contributed by atoms with Crippen LogP contribution < -0.4 is 22.0 Å². The highest BCUT2D eigenvalue weighted by molar-refractivity contribution is 6.24. The van der Waals surface area contributed by atoms with Crippen LogP contribution in [0.2, 0.25) is 0 Å². The van der Waals surface area contributed by atoms with Gasteiger partial charge in [0.05, 0.1) is 22.7 Å². The molecule has 0 aliphatic carbocycles. The second kappa shape index (κ2) is 2.75. The third kappa shape index (κ3) is 1.40. The predicted molar refractivity (Wildman–Crippen MR) is 49.2 cm³/mol. The molecule has 0 fully saturated rings. The van der Waals surface area contributed by atoms with Crippen molar-refractivity contribution in [2.24, 2.45) is 0 Å². The second-order valence-electron chi connectivity index (χ2n) is 2.16. The van der Waals surface area contributed by atoms with E-state index in [2.05, 4.69) is 4.84 Å². The lowest BCUT2D eigenvalue weighted by Crippen LogP contribution is -1.99. The van der Waals surface area contributed by atoms with Crippen LogP contribution in [0.25, 0.3) is 0 Å². The van der Waals surface area contributed by atoms with E-state index >= 15 is 0 Å². The third-order valence-electron chi connectivity index (χ3n) is 1.36. The number of nitrogens with two attached hydrogens (primary N) is 3. The molecule has 0 bridgehead atoms. The summed E-state index contributed by atoms with van der Waals surface area (Å²) in [5.74, 6) is 0. The van der Waals surface area contributed by atoms with Crippen LogP contribution >= 0.6 is 11.8 Å². The minimum Gasteiger partial charge on any atom is -0.397 e. The molecule has 0 atom stereocenters. The standard InChI is InChI=1S/C6H9ClN4/c7-11-6-2-4(9)3(8)1-5(6)10/h1-2,11H,8-10H2. The van der Waals surface area contributed by atoms with Crippen molar-refractivity contribution >= 4 is 34.5 Å². The Bertz CT molecular complexity index is 274. The molecule has 5 heteroatoms. The fraction of sp³-hybridized carbons (Fsp3) is 0. The smallest absolute Gasteiger partial charge is 0.0743 e. The summed E-state index contributed by atoms with van der Waals surface area (Å²) in [5.41, 5.74) is 18.4. The first-order valence-corrected chi connectivity index (χ1v) is 3.34. The van der Waals surface area contributed by atoms with Crippen LogP contribution in [0, 0.1) is 0 Å². The fourth-order valence-electron chi connectivity index (χ4n) is 0.733. The van der Waals surface area contributed by atoms with Gasteiger partial charge >= 0.3 is 0 Å². The summed E-state index contributed by atoms with van der Waals surface area (Å²) >= 11 is 5.33. The van der Waals surface area contributed by atoms with Crippen LogP contribution in [0.4, 0.5) is 22.7 Å². The van der Waals surface area contributed by atoms with Gasteiger partial charge in [0.15, 0.2) is 0 Å². The van der Waals surface area contributed by atoms with Gasteiger partial charge in [-0.1, -0.05) is 0 Å². The lowest BCUT2D eigenvalue weighted by molar-refractivity contribution is 1.63. The molecule has 1 aromatic rings. The largest absolute Gasteiger partial charge is 0.397 e. The molecule has 0 unspecified atom stereocenters. The summed E-state index contributed by atoms with van der Waals surface area (Å²) in [4.78, 5) is 2.37. The van der Waals surface area contributed by atoms with Gasteiger partial charge in [0, 0.05) is 11.8 Å². The molecule has 11 heavy (non-hydrogen) atoms. The minimum atomic E-state index is 0.457. The molecule has 60 valence electrons. The van der Waals surface area contributed by atoms with Gasteiger partial charge in [-0.2, -0.15) is 0 Å². The highest BCUT2D eigenvalue weighted by Crippen LogP contribution is 2.27. The Morgan fingerprint density at radius 1 is 1.00 bits per heavy atom. The zero-order valence-corrected chi connectivity index (χ0v) is 6.52. The summed E-state index contributed by atoms with van der Waals surface area (Å²) in [6.45, 7) is 0. The third-order valence-corrected chi connectivity index (χ3v) is 1.56. The number of hydrogen-bond acceptors (Lipinski definition) is 4. The van der Waals surface area contributed by atoms with E-state index < -0.39 is 0 Å². The first kappa shape index (κ1) is 7.81. The maximum Gasteiger partial charge on any atom is 0.0743 e. The molecule has 0 saturated carbocycles. The van der Waals surface area contributed by atoms with Gasteiger partial charge in [-0.3, -0.25) is 4.84 Å². The van der Waals surface area contributed by atoms with E-state index in [4.69, 9.17) is 29.0 Å². The lowest BCUT2D eigenvalue weighted by atomic mass is 10.2. The Morgan fingerprint density at radius 2 is 1.55 bits per heavy atom. The van der Waals surface area contributed by atoms with Gasteiger partial charge in [-0.15, -0.1) is 0 Å². The molecule has 0 amide bonds. The number of halogens is 1. The molecule has 0 aliphatic rings. The van der Waals surface area contributed by atoms with E-state index in [1.807, 2.05) is 0 Å². The van der Waals surface area contributed by atoms with E-state index in [0.717, 1.165) is 0 Å². The molecular formula is C6H9ClN4. The monoisotopic (exact) mass is 172 g/mol. The average Bonchev–Trinajstić information content (AvgIpc) is 1.97. The van der Waals surface area contributed by atoms with Crippen LogP contribution in [0.5, 0.6) is 0 Å². The SMILES string of the molecule is Nc1cc(N)c(NCl)cc1N. The average molecular weight is 173 g/mol. The Hall–Kier alpha value is -1.29. The quantitative estimate of drug-likeness (QED) is 0.376. The number of rotatable bonds is 1. The second-order valence-corrected chi connectivity index (χ2v) is 2.35. The van der Waals surface area contributed by atoms with E-state index in [0.29, 0.717) is 22.7 Å². The Balaban J connectivity index is 3.21. The number of benzene rings is 1. The topological polar surface area (TPSA) is 90.1 Å².